The van der Waals surface area contributed by atoms with E-state index in [0.717, 1.165) is 24.3 Å². The van der Waals surface area contributed by atoms with E-state index in [1.165, 1.54) is 6.07 Å². The minimum atomic E-state index is -4.59. The highest BCUT2D eigenvalue weighted by molar-refractivity contribution is 7.86. The second-order valence-electron chi connectivity index (χ2n) is 7.22. The SMILES string of the molecule is Nc1cc(S(=O)(=O)O)c2ccccc2c1.Nc1cc(S(=O)(=O)O)cc2cc(S(=O)(=O)O)cc(O)c12. The summed E-state index contributed by atoms with van der Waals surface area (Å²) in [6.07, 6.45) is 0. The first-order valence-corrected chi connectivity index (χ1v) is 13.6. The Balaban J connectivity index is 0.000000203. The number of aromatic hydroxyl groups is 1. The maximum atomic E-state index is 11.1. The van der Waals surface area contributed by atoms with E-state index in [2.05, 4.69) is 0 Å². The monoisotopic (exact) mass is 542 g/mol. The number of nitrogens with two attached hydrogens (primary N) is 2. The summed E-state index contributed by atoms with van der Waals surface area (Å²) in [6, 6.07) is 13.3. The van der Waals surface area contributed by atoms with E-state index in [4.69, 9.17) is 25.1 Å². The van der Waals surface area contributed by atoms with E-state index in [1.807, 2.05) is 0 Å². The Labute approximate surface area is 199 Å². The van der Waals surface area contributed by atoms with Gasteiger partial charge in [0.15, 0.2) is 0 Å². The van der Waals surface area contributed by atoms with Gasteiger partial charge < -0.3 is 16.6 Å². The van der Waals surface area contributed by atoms with Gasteiger partial charge in [0, 0.05) is 28.2 Å². The normalized spacial score (nSPS) is 12.3. The Morgan fingerprint density at radius 3 is 1.71 bits per heavy atom. The first-order valence-electron chi connectivity index (χ1n) is 9.25. The lowest BCUT2D eigenvalue weighted by Crippen LogP contribution is -2.02. The molecule has 0 aliphatic carbocycles. The first-order chi connectivity index (χ1) is 16.0. The third kappa shape index (κ3) is 5.79. The van der Waals surface area contributed by atoms with E-state index >= 15 is 0 Å². The fourth-order valence-electron chi connectivity index (χ4n) is 3.28. The summed E-state index contributed by atoms with van der Waals surface area (Å²) in [5.41, 5.74) is 11.2. The quantitative estimate of drug-likeness (QED) is 0.161. The lowest BCUT2D eigenvalue weighted by Gasteiger charge is -2.08. The topological polar surface area (TPSA) is 235 Å². The summed E-state index contributed by atoms with van der Waals surface area (Å²) in [5, 5.41) is 10.8. The van der Waals surface area contributed by atoms with Gasteiger partial charge >= 0.3 is 0 Å². The molecule has 35 heavy (non-hydrogen) atoms. The molecule has 0 bridgehead atoms. The lowest BCUT2D eigenvalue weighted by molar-refractivity contribution is 0.471. The molecule has 4 aromatic carbocycles. The van der Waals surface area contributed by atoms with Crippen LogP contribution in [0.1, 0.15) is 0 Å². The Bertz CT molecular complexity index is 1730. The van der Waals surface area contributed by atoms with Crippen molar-refractivity contribution in [3.05, 3.63) is 60.7 Å². The smallest absolute Gasteiger partial charge is 0.295 e. The highest BCUT2D eigenvalue weighted by Gasteiger charge is 2.18. The molecule has 186 valence electrons. The zero-order chi connectivity index (χ0) is 26.3. The summed E-state index contributed by atoms with van der Waals surface area (Å²) in [7, 11) is -13.4. The summed E-state index contributed by atoms with van der Waals surface area (Å²) in [4.78, 5) is -1.35. The molecule has 4 rings (SSSR count). The van der Waals surface area contributed by atoms with Crippen molar-refractivity contribution < 1.29 is 44.0 Å². The number of benzene rings is 4. The molecule has 0 spiro atoms. The fraction of sp³-hybridized carbons (Fsp3) is 0. The van der Waals surface area contributed by atoms with Gasteiger partial charge in [0.25, 0.3) is 30.4 Å². The number of rotatable bonds is 3. The average Bonchev–Trinajstić information content (AvgIpc) is 2.71. The third-order valence-electron chi connectivity index (χ3n) is 4.73. The highest BCUT2D eigenvalue weighted by atomic mass is 32.2. The van der Waals surface area contributed by atoms with E-state index < -0.39 is 45.9 Å². The second kappa shape index (κ2) is 8.95. The molecule has 0 aromatic heterocycles. The Hall–Kier alpha value is -3.47. The molecule has 12 nitrogen and oxygen atoms in total. The summed E-state index contributed by atoms with van der Waals surface area (Å²) >= 11 is 0. The molecule has 0 saturated heterocycles. The molecule has 0 aliphatic rings. The molecular formula is C20H18N2O10S3. The van der Waals surface area contributed by atoms with Crippen LogP contribution in [0.15, 0.2) is 75.4 Å². The van der Waals surface area contributed by atoms with Crippen molar-refractivity contribution in [2.45, 2.75) is 14.7 Å². The summed E-state index contributed by atoms with van der Waals surface area (Å²) in [5.74, 6) is -0.547. The second-order valence-corrected chi connectivity index (χ2v) is 11.5. The van der Waals surface area contributed by atoms with Gasteiger partial charge in [-0.2, -0.15) is 25.3 Å². The Morgan fingerprint density at radius 1 is 0.629 bits per heavy atom. The van der Waals surface area contributed by atoms with Crippen LogP contribution in [-0.4, -0.2) is 44.0 Å². The molecule has 0 radical (unpaired) electrons. The van der Waals surface area contributed by atoms with Crippen molar-refractivity contribution in [1.82, 2.24) is 0 Å². The van der Waals surface area contributed by atoms with Crippen LogP contribution in [0.4, 0.5) is 11.4 Å². The van der Waals surface area contributed by atoms with Crippen molar-refractivity contribution in [1.29, 1.82) is 0 Å². The van der Waals surface area contributed by atoms with Crippen molar-refractivity contribution in [3.8, 4) is 5.75 Å². The zero-order valence-electron chi connectivity index (χ0n) is 17.4. The van der Waals surface area contributed by atoms with Gasteiger partial charge in [-0.25, -0.2) is 0 Å². The number of anilines is 2. The molecule has 15 heteroatoms. The molecule has 4 aromatic rings. The van der Waals surface area contributed by atoms with Crippen LogP contribution in [0.25, 0.3) is 21.5 Å². The Morgan fingerprint density at radius 2 is 1.17 bits per heavy atom. The van der Waals surface area contributed by atoms with Crippen molar-refractivity contribution in [2.75, 3.05) is 11.5 Å². The van der Waals surface area contributed by atoms with Gasteiger partial charge in [0.05, 0.1) is 9.79 Å². The first kappa shape index (κ1) is 26.1. The predicted octanol–water partition coefficient (Wildman–Crippen LogP) is 2.29. The summed E-state index contributed by atoms with van der Waals surface area (Å²) < 4.78 is 93.3. The van der Waals surface area contributed by atoms with Crippen LogP contribution < -0.4 is 11.5 Å². The third-order valence-corrected chi connectivity index (χ3v) is 7.28. The van der Waals surface area contributed by atoms with Crippen LogP contribution in [-0.2, 0) is 30.4 Å². The molecule has 0 heterocycles. The lowest BCUT2D eigenvalue weighted by atomic mass is 10.1. The molecule has 0 saturated carbocycles. The van der Waals surface area contributed by atoms with Crippen molar-refractivity contribution in [2.24, 2.45) is 0 Å². The van der Waals surface area contributed by atoms with Crippen LogP contribution in [0.2, 0.25) is 0 Å². The zero-order valence-corrected chi connectivity index (χ0v) is 19.8. The highest BCUT2D eigenvalue weighted by Crippen LogP contribution is 2.35. The molecule has 8 N–H and O–H groups in total. The van der Waals surface area contributed by atoms with Gasteiger partial charge in [-0.1, -0.05) is 24.3 Å². The van der Waals surface area contributed by atoms with Gasteiger partial charge in [-0.05, 0) is 41.1 Å². The number of nitrogen functional groups attached to an aromatic ring is 2. The van der Waals surface area contributed by atoms with Crippen molar-refractivity contribution >= 4 is 63.3 Å². The van der Waals surface area contributed by atoms with Crippen LogP contribution in [0, 0.1) is 0 Å². The number of phenols is 1. The predicted molar refractivity (Wildman–Crippen MR) is 128 cm³/mol. The molecule has 0 fully saturated rings. The number of hydrogen-bond donors (Lipinski definition) is 6. The maximum absolute atomic E-state index is 11.1. The van der Waals surface area contributed by atoms with Crippen LogP contribution in [0.3, 0.4) is 0 Å². The largest absolute Gasteiger partial charge is 0.507 e. The summed E-state index contributed by atoms with van der Waals surface area (Å²) in [6.45, 7) is 0. The number of hydrogen-bond acceptors (Lipinski definition) is 9. The van der Waals surface area contributed by atoms with Crippen LogP contribution in [0.5, 0.6) is 5.75 Å². The molecule has 0 unspecified atom stereocenters. The van der Waals surface area contributed by atoms with E-state index in [0.29, 0.717) is 16.5 Å². The van der Waals surface area contributed by atoms with Gasteiger partial charge in [-0.15, -0.1) is 0 Å². The Kier molecular flexibility index (Phi) is 6.69. The molecule has 0 aliphatic heterocycles. The number of fused-ring (bicyclic) bond motifs is 2. The van der Waals surface area contributed by atoms with E-state index in [9.17, 15) is 30.4 Å². The van der Waals surface area contributed by atoms with Crippen molar-refractivity contribution in [3.63, 3.8) is 0 Å². The standard InChI is InChI=1S/C10H9NO7S2.C10H9NO3S/c11-8-3-6(19(13,14)15)1-5-2-7(20(16,17)18)4-9(12)10(5)8;11-8-5-7-3-1-2-4-9(7)10(6-8)15(12,13)14/h1-4,12H,11H2,(H,13,14,15)(H,16,17,18);1-6H,11H2,(H,12,13,14). The molecular weight excluding hydrogens is 524 g/mol. The van der Waals surface area contributed by atoms with E-state index in [-0.39, 0.29) is 21.4 Å². The fourth-order valence-corrected chi connectivity index (χ4v) is 5.12. The minimum Gasteiger partial charge on any atom is -0.507 e. The molecule has 0 amide bonds. The van der Waals surface area contributed by atoms with Gasteiger partial charge in [-0.3, -0.25) is 13.7 Å². The van der Waals surface area contributed by atoms with Gasteiger partial charge in [0.2, 0.25) is 0 Å². The number of phenolic OH excluding ortho intramolecular Hbond substituents is 1. The maximum Gasteiger partial charge on any atom is 0.295 e. The average molecular weight is 543 g/mol. The van der Waals surface area contributed by atoms with Gasteiger partial charge in [0.1, 0.15) is 10.6 Å². The van der Waals surface area contributed by atoms with Crippen LogP contribution >= 0.6 is 0 Å². The van der Waals surface area contributed by atoms with E-state index in [1.54, 1.807) is 30.3 Å². The molecule has 0 atom stereocenters. The minimum absolute atomic E-state index is 0.00444.